The average Bonchev–Trinajstić information content (AvgIpc) is 2.30. The third-order valence-electron chi connectivity index (χ3n) is 2.96. The molecule has 0 spiro atoms. The average molecular weight is 243 g/mol. The van der Waals surface area contributed by atoms with Gasteiger partial charge in [-0.25, -0.2) is 0 Å². The van der Waals surface area contributed by atoms with Gasteiger partial charge >= 0.3 is 5.97 Å². The summed E-state index contributed by atoms with van der Waals surface area (Å²) < 4.78 is 5.01. The fourth-order valence-corrected chi connectivity index (χ4v) is 2.15. The molecule has 1 aliphatic rings. The highest BCUT2D eigenvalue weighted by atomic mass is 16.5. The van der Waals surface area contributed by atoms with Gasteiger partial charge in [-0.1, -0.05) is 6.92 Å². The molecule has 17 heavy (non-hydrogen) atoms. The van der Waals surface area contributed by atoms with Crippen LogP contribution in [0.25, 0.3) is 0 Å². The SMILES string of the molecule is CCOC(=O)C1CNCCN1C(CC)C(N)=O. The van der Waals surface area contributed by atoms with E-state index in [1.54, 1.807) is 6.92 Å². The second kappa shape index (κ2) is 6.56. The lowest BCUT2D eigenvalue weighted by molar-refractivity contribution is -0.152. The molecule has 0 aliphatic carbocycles. The number of ether oxygens (including phenoxy) is 1. The van der Waals surface area contributed by atoms with Gasteiger partial charge in [0.05, 0.1) is 12.6 Å². The summed E-state index contributed by atoms with van der Waals surface area (Å²) in [7, 11) is 0. The number of nitrogens with zero attached hydrogens (tertiary/aromatic N) is 1. The molecule has 2 unspecified atom stereocenters. The number of nitrogens with one attached hydrogen (secondary N) is 1. The number of nitrogens with two attached hydrogens (primary N) is 1. The molecule has 0 aromatic heterocycles. The second-order valence-electron chi connectivity index (χ2n) is 4.04. The van der Waals surface area contributed by atoms with Gasteiger partial charge in [0.2, 0.25) is 5.91 Å². The predicted octanol–water partition coefficient (Wildman–Crippen LogP) is -0.913. The van der Waals surface area contributed by atoms with Crippen LogP contribution in [0.1, 0.15) is 20.3 Å². The molecule has 1 heterocycles. The van der Waals surface area contributed by atoms with Gasteiger partial charge in [-0.05, 0) is 13.3 Å². The van der Waals surface area contributed by atoms with Gasteiger partial charge in [0.25, 0.3) is 0 Å². The van der Waals surface area contributed by atoms with Gasteiger partial charge in [0.15, 0.2) is 0 Å². The lowest BCUT2D eigenvalue weighted by Gasteiger charge is -2.38. The van der Waals surface area contributed by atoms with Crippen molar-refractivity contribution in [3.05, 3.63) is 0 Å². The lowest BCUT2D eigenvalue weighted by atomic mass is 10.1. The third kappa shape index (κ3) is 3.41. The van der Waals surface area contributed by atoms with E-state index in [1.807, 2.05) is 11.8 Å². The summed E-state index contributed by atoms with van der Waals surface area (Å²) in [6, 6.07) is -0.812. The Bertz CT molecular complexity index is 283. The maximum absolute atomic E-state index is 11.8. The number of hydrogen-bond donors (Lipinski definition) is 2. The van der Waals surface area contributed by atoms with Crippen molar-refractivity contribution in [1.82, 2.24) is 10.2 Å². The molecule has 6 nitrogen and oxygen atoms in total. The maximum atomic E-state index is 11.8. The van der Waals surface area contributed by atoms with Crippen LogP contribution < -0.4 is 11.1 Å². The molecular formula is C11H21N3O3. The molecule has 3 N–H and O–H groups in total. The molecule has 1 fully saturated rings. The molecule has 2 atom stereocenters. The van der Waals surface area contributed by atoms with Gasteiger partial charge in [-0.3, -0.25) is 14.5 Å². The van der Waals surface area contributed by atoms with E-state index in [9.17, 15) is 9.59 Å². The standard InChI is InChI=1S/C11H21N3O3/c1-3-8(10(12)15)14-6-5-13-7-9(14)11(16)17-4-2/h8-9,13H,3-7H2,1-2H3,(H2,12,15). The lowest BCUT2D eigenvalue weighted by Crippen LogP contribution is -2.61. The van der Waals surface area contributed by atoms with Crippen LogP contribution in [0.3, 0.4) is 0 Å². The number of primary amides is 1. The molecule has 0 radical (unpaired) electrons. The van der Waals surface area contributed by atoms with Crippen LogP contribution in [0, 0.1) is 0 Å². The Kier molecular flexibility index (Phi) is 5.37. The highest BCUT2D eigenvalue weighted by Gasteiger charge is 2.35. The fourth-order valence-electron chi connectivity index (χ4n) is 2.15. The van der Waals surface area contributed by atoms with Gasteiger partial charge in [-0.15, -0.1) is 0 Å². The molecule has 1 saturated heterocycles. The van der Waals surface area contributed by atoms with Crippen molar-refractivity contribution in [2.75, 3.05) is 26.2 Å². The van der Waals surface area contributed by atoms with Crippen molar-refractivity contribution < 1.29 is 14.3 Å². The number of carbonyl (C=O) groups excluding carboxylic acids is 2. The first-order valence-electron chi connectivity index (χ1n) is 6.04. The van der Waals surface area contributed by atoms with Crippen LogP contribution in [-0.4, -0.2) is 55.1 Å². The monoisotopic (exact) mass is 243 g/mol. The van der Waals surface area contributed by atoms with E-state index >= 15 is 0 Å². The Morgan fingerprint density at radius 3 is 2.76 bits per heavy atom. The zero-order chi connectivity index (χ0) is 12.8. The van der Waals surface area contributed by atoms with Crippen molar-refractivity contribution in [3.8, 4) is 0 Å². The number of amides is 1. The Hall–Kier alpha value is -1.14. The minimum absolute atomic E-state index is 0.292. The highest BCUT2D eigenvalue weighted by Crippen LogP contribution is 2.12. The molecule has 0 aromatic carbocycles. The number of hydrogen-bond acceptors (Lipinski definition) is 5. The smallest absolute Gasteiger partial charge is 0.324 e. The van der Waals surface area contributed by atoms with Crippen molar-refractivity contribution in [1.29, 1.82) is 0 Å². The van der Waals surface area contributed by atoms with Crippen molar-refractivity contribution in [2.45, 2.75) is 32.4 Å². The fraction of sp³-hybridized carbons (Fsp3) is 0.818. The van der Waals surface area contributed by atoms with Crippen LogP contribution in [-0.2, 0) is 14.3 Å². The quantitative estimate of drug-likeness (QED) is 0.610. The van der Waals surface area contributed by atoms with Gasteiger partial charge in [0, 0.05) is 19.6 Å². The van der Waals surface area contributed by atoms with E-state index in [0.717, 1.165) is 6.54 Å². The summed E-state index contributed by atoms with van der Waals surface area (Å²) in [6.07, 6.45) is 0.602. The zero-order valence-electron chi connectivity index (χ0n) is 10.4. The second-order valence-corrected chi connectivity index (χ2v) is 4.04. The van der Waals surface area contributed by atoms with Crippen LogP contribution in [0.4, 0.5) is 0 Å². The summed E-state index contributed by atoms with van der Waals surface area (Å²) >= 11 is 0. The normalized spacial score (nSPS) is 23.1. The molecule has 1 rings (SSSR count). The molecule has 0 saturated carbocycles. The van der Waals surface area contributed by atoms with Gasteiger partial charge in [0.1, 0.15) is 6.04 Å². The third-order valence-corrected chi connectivity index (χ3v) is 2.96. The topological polar surface area (TPSA) is 84.7 Å². The van der Waals surface area contributed by atoms with Crippen molar-refractivity contribution in [3.63, 3.8) is 0 Å². The molecule has 0 bridgehead atoms. The molecule has 6 heteroatoms. The summed E-state index contributed by atoms with van der Waals surface area (Å²) in [5.74, 6) is -0.678. The van der Waals surface area contributed by atoms with Gasteiger partial charge < -0.3 is 15.8 Å². The Labute approximate surface area is 101 Å². The van der Waals surface area contributed by atoms with Crippen LogP contribution in [0.5, 0.6) is 0 Å². The largest absolute Gasteiger partial charge is 0.465 e. The van der Waals surface area contributed by atoms with Crippen molar-refractivity contribution >= 4 is 11.9 Å². The van der Waals surface area contributed by atoms with E-state index in [0.29, 0.717) is 26.1 Å². The maximum Gasteiger partial charge on any atom is 0.324 e. The molecule has 0 aromatic rings. The summed E-state index contributed by atoms with van der Waals surface area (Å²) in [4.78, 5) is 25.0. The predicted molar refractivity (Wildman–Crippen MR) is 63.3 cm³/mol. The summed E-state index contributed by atoms with van der Waals surface area (Å²) in [6.45, 7) is 5.88. The Balaban J connectivity index is 2.77. The van der Waals surface area contributed by atoms with Crippen LogP contribution >= 0.6 is 0 Å². The van der Waals surface area contributed by atoms with E-state index in [-0.39, 0.29) is 11.9 Å². The van der Waals surface area contributed by atoms with Crippen LogP contribution in [0.2, 0.25) is 0 Å². The first kappa shape index (κ1) is 13.9. The first-order valence-corrected chi connectivity index (χ1v) is 6.04. The van der Waals surface area contributed by atoms with Crippen molar-refractivity contribution in [2.24, 2.45) is 5.73 Å². The van der Waals surface area contributed by atoms with E-state index < -0.39 is 12.1 Å². The number of rotatable bonds is 5. The molecular weight excluding hydrogens is 222 g/mol. The molecule has 98 valence electrons. The molecule has 1 amide bonds. The van der Waals surface area contributed by atoms with Crippen LogP contribution in [0.15, 0.2) is 0 Å². The number of piperazine rings is 1. The minimum Gasteiger partial charge on any atom is -0.465 e. The highest BCUT2D eigenvalue weighted by molar-refractivity contribution is 5.82. The van der Waals surface area contributed by atoms with E-state index in [4.69, 9.17) is 10.5 Å². The van der Waals surface area contributed by atoms with E-state index in [2.05, 4.69) is 5.32 Å². The summed E-state index contributed by atoms with van der Waals surface area (Å²) in [5, 5.41) is 3.13. The summed E-state index contributed by atoms with van der Waals surface area (Å²) in [5.41, 5.74) is 5.36. The minimum atomic E-state index is -0.416. The first-order chi connectivity index (χ1) is 8.11. The zero-order valence-corrected chi connectivity index (χ0v) is 10.4. The molecule has 1 aliphatic heterocycles. The Morgan fingerprint density at radius 2 is 2.24 bits per heavy atom. The number of carbonyl (C=O) groups is 2. The number of esters is 1. The van der Waals surface area contributed by atoms with Gasteiger partial charge in [-0.2, -0.15) is 0 Å². The Morgan fingerprint density at radius 1 is 1.53 bits per heavy atom. The van der Waals surface area contributed by atoms with E-state index in [1.165, 1.54) is 0 Å².